The third-order valence-electron chi connectivity index (χ3n) is 8.07. The normalized spacial score (nSPS) is 24.2. The summed E-state index contributed by atoms with van der Waals surface area (Å²) in [6.07, 6.45) is 5.00. The first-order valence-electron chi connectivity index (χ1n) is 13.8. The van der Waals surface area contributed by atoms with Crippen LogP contribution in [0.25, 0.3) is 22.2 Å². The maximum absolute atomic E-state index is 15.2. The first kappa shape index (κ1) is 27.4. The van der Waals surface area contributed by atoms with E-state index in [1.165, 1.54) is 11.8 Å². The van der Waals surface area contributed by atoms with Crippen LogP contribution in [0.3, 0.4) is 0 Å². The quantitative estimate of drug-likeness (QED) is 0.459. The summed E-state index contributed by atoms with van der Waals surface area (Å²) in [5, 5.41) is 24.1. The number of hydrogen-bond donors (Lipinski definition) is 2. The number of fused-ring (bicyclic) bond motifs is 1. The summed E-state index contributed by atoms with van der Waals surface area (Å²) in [6, 6.07) is 6.05. The van der Waals surface area contributed by atoms with Crippen molar-refractivity contribution in [2.24, 2.45) is 5.41 Å². The Bertz CT molecular complexity index is 1410. The molecule has 2 N–H and O–H groups in total. The zero-order valence-electron chi connectivity index (χ0n) is 23.2. The Labute approximate surface area is 229 Å². The number of anilines is 1. The van der Waals surface area contributed by atoms with Gasteiger partial charge in [0, 0.05) is 36.8 Å². The van der Waals surface area contributed by atoms with Crippen molar-refractivity contribution in [3.05, 3.63) is 47.0 Å². The lowest BCUT2D eigenvalue weighted by Gasteiger charge is -2.36. The lowest BCUT2D eigenvalue weighted by Crippen LogP contribution is -2.42. The van der Waals surface area contributed by atoms with Crippen molar-refractivity contribution in [3.8, 4) is 17.3 Å². The minimum Gasteiger partial charge on any atom is -0.389 e. The molecule has 2 aliphatic rings. The van der Waals surface area contributed by atoms with Crippen LogP contribution in [0.4, 0.5) is 10.3 Å². The first-order valence-corrected chi connectivity index (χ1v) is 13.8. The standard InChI is InChI=1S/C30H37FN6O2/c1-18(2)26-20(14-37-10-5-9-30(4,16-32)17-37)12-33-24-7-6-21(19(3)27(24)26)28-22(31)13-34-29(36-28)35-23-8-11-39-15-25(23)38/h6-7,12-13,18,23,25,38H,5,8-11,14-15,17H2,1-4H3,(H,34,35,36)/t23-,25-,30+/m1/s1. The molecule has 0 bridgehead atoms. The summed E-state index contributed by atoms with van der Waals surface area (Å²) in [5.74, 6) is -0.0117. The predicted molar refractivity (Wildman–Crippen MR) is 149 cm³/mol. The van der Waals surface area contributed by atoms with Crippen molar-refractivity contribution in [2.75, 3.05) is 31.6 Å². The molecule has 0 amide bonds. The molecule has 2 aliphatic heterocycles. The maximum Gasteiger partial charge on any atom is 0.223 e. The molecule has 2 saturated heterocycles. The van der Waals surface area contributed by atoms with Gasteiger partial charge in [-0.2, -0.15) is 5.26 Å². The fourth-order valence-electron chi connectivity index (χ4n) is 6.06. The number of rotatable bonds is 6. The second-order valence-electron chi connectivity index (χ2n) is 11.5. The highest BCUT2D eigenvalue weighted by Gasteiger charge is 2.31. The van der Waals surface area contributed by atoms with E-state index in [0.717, 1.165) is 54.5 Å². The van der Waals surface area contributed by atoms with E-state index in [2.05, 4.69) is 40.1 Å². The summed E-state index contributed by atoms with van der Waals surface area (Å²) in [7, 11) is 0. The lowest BCUT2D eigenvalue weighted by atomic mass is 9.83. The van der Waals surface area contributed by atoms with Gasteiger partial charge in [-0.1, -0.05) is 19.9 Å². The van der Waals surface area contributed by atoms with E-state index in [0.29, 0.717) is 18.6 Å². The van der Waals surface area contributed by atoms with E-state index in [1.807, 2.05) is 32.2 Å². The highest BCUT2D eigenvalue weighted by Crippen LogP contribution is 2.37. The molecule has 0 unspecified atom stereocenters. The van der Waals surface area contributed by atoms with Gasteiger partial charge in [0.25, 0.3) is 0 Å². The molecule has 4 heterocycles. The highest BCUT2D eigenvalue weighted by atomic mass is 19.1. The molecule has 0 aliphatic carbocycles. The summed E-state index contributed by atoms with van der Waals surface area (Å²) < 4.78 is 20.5. The zero-order valence-corrected chi connectivity index (χ0v) is 23.2. The van der Waals surface area contributed by atoms with Gasteiger partial charge in [0.05, 0.1) is 42.0 Å². The van der Waals surface area contributed by atoms with E-state index in [-0.39, 0.29) is 35.6 Å². The Kier molecular flexibility index (Phi) is 7.81. The molecule has 206 valence electrons. The van der Waals surface area contributed by atoms with Crippen molar-refractivity contribution >= 4 is 16.9 Å². The number of aromatic nitrogens is 3. The Morgan fingerprint density at radius 3 is 2.87 bits per heavy atom. The first-order chi connectivity index (χ1) is 18.7. The van der Waals surface area contributed by atoms with Crippen LogP contribution in [-0.4, -0.2) is 63.4 Å². The second kappa shape index (κ2) is 11.1. The molecule has 0 radical (unpaired) electrons. The second-order valence-corrected chi connectivity index (χ2v) is 11.5. The van der Waals surface area contributed by atoms with Crippen LogP contribution in [0.15, 0.2) is 24.5 Å². The van der Waals surface area contributed by atoms with Gasteiger partial charge in [0.1, 0.15) is 5.69 Å². The van der Waals surface area contributed by atoms with Crippen LogP contribution in [0.1, 0.15) is 62.6 Å². The van der Waals surface area contributed by atoms with Crippen LogP contribution >= 0.6 is 0 Å². The van der Waals surface area contributed by atoms with Crippen molar-refractivity contribution in [2.45, 2.75) is 71.6 Å². The number of nitrogens with zero attached hydrogens (tertiary/aromatic N) is 5. The number of likely N-dealkylation sites (tertiary alicyclic amines) is 1. The van der Waals surface area contributed by atoms with Gasteiger partial charge in [-0.15, -0.1) is 0 Å². The number of halogens is 1. The molecular weight excluding hydrogens is 495 g/mol. The number of ether oxygens (including phenoxy) is 1. The molecule has 5 rings (SSSR count). The number of hydrogen-bond acceptors (Lipinski definition) is 8. The SMILES string of the molecule is Cc1c(-c2nc(N[C@@H]3CCOC[C@H]3O)ncc2F)ccc2ncc(CN3CCC[C@@](C)(C#N)C3)c(C(C)C)c12. The Hall–Kier alpha value is -3.19. The topological polar surface area (TPSA) is 107 Å². The molecule has 39 heavy (non-hydrogen) atoms. The van der Waals surface area contributed by atoms with E-state index in [9.17, 15) is 10.4 Å². The minimum absolute atomic E-state index is 0.217. The van der Waals surface area contributed by atoms with E-state index in [1.54, 1.807) is 0 Å². The van der Waals surface area contributed by atoms with Crippen LogP contribution in [0, 0.1) is 29.5 Å². The van der Waals surface area contributed by atoms with E-state index in [4.69, 9.17) is 9.72 Å². The van der Waals surface area contributed by atoms with Gasteiger partial charge in [-0.05, 0) is 68.3 Å². The van der Waals surface area contributed by atoms with Crippen LogP contribution in [0.2, 0.25) is 0 Å². The van der Waals surface area contributed by atoms with E-state index >= 15 is 4.39 Å². The van der Waals surface area contributed by atoms with Crippen LogP contribution in [0.5, 0.6) is 0 Å². The van der Waals surface area contributed by atoms with Crippen LogP contribution in [-0.2, 0) is 11.3 Å². The van der Waals surface area contributed by atoms with Gasteiger partial charge < -0.3 is 15.2 Å². The number of benzene rings is 1. The molecule has 8 nitrogen and oxygen atoms in total. The molecular formula is C30H37FN6O2. The molecule has 3 atom stereocenters. The van der Waals surface area contributed by atoms with Gasteiger partial charge in [-0.3, -0.25) is 9.88 Å². The third-order valence-corrected chi connectivity index (χ3v) is 8.07. The molecule has 3 aromatic rings. The number of aliphatic hydroxyl groups is 1. The van der Waals surface area contributed by atoms with Gasteiger partial charge in [-0.25, -0.2) is 14.4 Å². The van der Waals surface area contributed by atoms with Crippen molar-refractivity contribution in [1.29, 1.82) is 5.26 Å². The number of aliphatic hydroxyl groups excluding tert-OH is 1. The average Bonchev–Trinajstić information content (AvgIpc) is 2.91. The van der Waals surface area contributed by atoms with Crippen molar-refractivity contribution in [3.63, 3.8) is 0 Å². The maximum atomic E-state index is 15.2. The van der Waals surface area contributed by atoms with Gasteiger partial charge >= 0.3 is 0 Å². The molecule has 1 aromatic carbocycles. The largest absolute Gasteiger partial charge is 0.389 e. The summed E-state index contributed by atoms with van der Waals surface area (Å²) in [4.78, 5) is 15.8. The lowest BCUT2D eigenvalue weighted by molar-refractivity contribution is -0.0136. The Morgan fingerprint density at radius 1 is 1.31 bits per heavy atom. The highest BCUT2D eigenvalue weighted by molar-refractivity contribution is 5.92. The number of piperidine rings is 1. The van der Waals surface area contributed by atoms with Gasteiger partial charge in [0.15, 0.2) is 5.82 Å². The Balaban J connectivity index is 1.53. The van der Waals surface area contributed by atoms with Crippen LogP contribution < -0.4 is 5.32 Å². The van der Waals surface area contributed by atoms with Crippen molar-refractivity contribution < 1.29 is 14.2 Å². The molecule has 2 fully saturated rings. The zero-order chi connectivity index (χ0) is 27.7. The van der Waals surface area contributed by atoms with E-state index < -0.39 is 11.9 Å². The number of pyridine rings is 1. The fraction of sp³-hybridized carbons (Fsp3) is 0.533. The summed E-state index contributed by atoms with van der Waals surface area (Å²) in [5.41, 5.74) is 4.69. The molecule has 0 spiro atoms. The predicted octanol–water partition coefficient (Wildman–Crippen LogP) is 4.95. The number of nitrogens with one attached hydrogen (secondary N) is 1. The Morgan fingerprint density at radius 2 is 2.13 bits per heavy atom. The summed E-state index contributed by atoms with van der Waals surface area (Å²) >= 11 is 0. The molecule has 0 saturated carbocycles. The smallest absolute Gasteiger partial charge is 0.223 e. The monoisotopic (exact) mass is 532 g/mol. The minimum atomic E-state index is -0.678. The molecule has 2 aromatic heterocycles. The number of nitriles is 1. The third kappa shape index (κ3) is 5.60. The number of aryl methyl sites for hydroxylation is 1. The summed E-state index contributed by atoms with van der Waals surface area (Å²) in [6.45, 7) is 11.6. The van der Waals surface area contributed by atoms with Crippen molar-refractivity contribution in [1.82, 2.24) is 19.9 Å². The van der Waals surface area contributed by atoms with Gasteiger partial charge in [0.2, 0.25) is 5.95 Å². The molecule has 9 heteroatoms. The fourth-order valence-corrected chi connectivity index (χ4v) is 6.06. The average molecular weight is 533 g/mol.